The van der Waals surface area contributed by atoms with Gasteiger partial charge in [-0.15, -0.1) is 0 Å². The summed E-state index contributed by atoms with van der Waals surface area (Å²) in [5.41, 5.74) is 4.34. The van der Waals surface area contributed by atoms with E-state index in [0.29, 0.717) is 32.6 Å². The summed E-state index contributed by atoms with van der Waals surface area (Å²) in [5, 5.41) is 5.85. The number of nitrogens with two attached hydrogens (primary N) is 1. The Bertz CT molecular complexity index is 627. The van der Waals surface area contributed by atoms with E-state index in [2.05, 4.69) is 10.6 Å². The summed E-state index contributed by atoms with van der Waals surface area (Å²) in [5.74, 6) is -0.289. The third kappa shape index (κ3) is 8.89. The quantitative estimate of drug-likeness (QED) is 0.425. The first-order valence-corrected chi connectivity index (χ1v) is 11.2. The lowest BCUT2D eigenvalue weighted by Gasteiger charge is -2.38. The molecule has 9 nitrogen and oxygen atoms in total. The zero-order chi connectivity index (χ0) is 20.9. The molecule has 0 aromatic carbocycles. The average molecular weight is 407 g/mol. The molecule has 1 fully saturated rings. The van der Waals surface area contributed by atoms with Crippen molar-refractivity contribution in [1.82, 2.24) is 15.5 Å². The predicted octanol–water partition coefficient (Wildman–Crippen LogP) is -0.289. The maximum atomic E-state index is 12.2. The SMILES string of the molecule is CC(C)(CCNCC(C)(C)C(=O)NCCS(C)(=O)=O)OC(=O)N1CC(N)C1. The zero-order valence-electron chi connectivity index (χ0n) is 17.0. The Morgan fingerprint density at radius 2 is 1.78 bits per heavy atom. The van der Waals surface area contributed by atoms with Crippen molar-refractivity contribution in [3.63, 3.8) is 0 Å². The first-order chi connectivity index (χ1) is 12.2. The Hall–Kier alpha value is -1.39. The predicted molar refractivity (Wildman–Crippen MR) is 104 cm³/mol. The molecule has 1 rings (SSSR count). The molecule has 0 spiro atoms. The molecule has 10 heteroatoms. The average Bonchev–Trinajstić information content (AvgIpc) is 2.46. The first kappa shape index (κ1) is 23.6. The number of hydrogen-bond donors (Lipinski definition) is 3. The van der Waals surface area contributed by atoms with Crippen LogP contribution in [0.5, 0.6) is 0 Å². The van der Waals surface area contributed by atoms with Crippen molar-refractivity contribution in [1.29, 1.82) is 0 Å². The fourth-order valence-corrected chi connectivity index (χ4v) is 2.95. The van der Waals surface area contributed by atoms with E-state index >= 15 is 0 Å². The number of carbonyl (C=O) groups is 2. The largest absolute Gasteiger partial charge is 0.443 e. The maximum absolute atomic E-state index is 12.2. The van der Waals surface area contributed by atoms with Crippen molar-refractivity contribution in [2.75, 3.05) is 44.7 Å². The maximum Gasteiger partial charge on any atom is 0.410 e. The van der Waals surface area contributed by atoms with Crippen molar-refractivity contribution in [2.24, 2.45) is 11.1 Å². The van der Waals surface area contributed by atoms with Crippen LogP contribution < -0.4 is 16.4 Å². The van der Waals surface area contributed by atoms with E-state index in [1.165, 1.54) is 0 Å². The van der Waals surface area contributed by atoms with Gasteiger partial charge in [-0.2, -0.15) is 0 Å². The van der Waals surface area contributed by atoms with Gasteiger partial charge in [-0.05, 0) is 40.7 Å². The van der Waals surface area contributed by atoms with Crippen molar-refractivity contribution in [3.05, 3.63) is 0 Å². The van der Waals surface area contributed by atoms with Crippen LogP contribution in [0.2, 0.25) is 0 Å². The Kier molecular flexibility index (Phi) is 8.06. The summed E-state index contributed by atoms with van der Waals surface area (Å²) in [6.07, 6.45) is 1.37. The monoisotopic (exact) mass is 406 g/mol. The van der Waals surface area contributed by atoms with Crippen molar-refractivity contribution < 1.29 is 22.7 Å². The Morgan fingerprint density at radius 1 is 1.19 bits per heavy atom. The van der Waals surface area contributed by atoms with E-state index in [-0.39, 0.29) is 30.3 Å². The highest BCUT2D eigenvalue weighted by Gasteiger charge is 2.33. The topological polar surface area (TPSA) is 131 Å². The second-order valence-corrected chi connectivity index (χ2v) is 10.7. The number of nitrogens with zero attached hydrogens (tertiary/aromatic N) is 1. The number of likely N-dealkylation sites (tertiary alicyclic amines) is 1. The first-order valence-electron chi connectivity index (χ1n) is 9.12. The summed E-state index contributed by atoms with van der Waals surface area (Å²) in [7, 11) is -3.10. The van der Waals surface area contributed by atoms with Crippen molar-refractivity contribution in [3.8, 4) is 0 Å². The van der Waals surface area contributed by atoms with Crippen LogP contribution in [0.25, 0.3) is 0 Å². The zero-order valence-corrected chi connectivity index (χ0v) is 17.8. The summed E-state index contributed by atoms with van der Waals surface area (Å²) in [6.45, 7) is 9.39. The second kappa shape index (κ2) is 9.20. The fraction of sp³-hybridized carbons (Fsp3) is 0.882. The van der Waals surface area contributed by atoms with E-state index in [1.807, 2.05) is 13.8 Å². The highest BCUT2D eigenvalue weighted by molar-refractivity contribution is 7.90. The highest BCUT2D eigenvalue weighted by Crippen LogP contribution is 2.19. The molecule has 0 bridgehead atoms. The number of carbonyl (C=O) groups excluding carboxylic acids is 2. The van der Waals surface area contributed by atoms with Gasteiger partial charge in [0, 0.05) is 38.5 Å². The lowest BCUT2D eigenvalue weighted by molar-refractivity contribution is -0.129. The van der Waals surface area contributed by atoms with Gasteiger partial charge in [0.05, 0.1) is 11.2 Å². The van der Waals surface area contributed by atoms with Crippen LogP contribution in [0.15, 0.2) is 0 Å². The summed E-state index contributed by atoms with van der Waals surface area (Å²) < 4.78 is 27.7. The Morgan fingerprint density at radius 3 is 2.30 bits per heavy atom. The molecule has 27 heavy (non-hydrogen) atoms. The second-order valence-electron chi connectivity index (χ2n) is 8.49. The van der Waals surface area contributed by atoms with Gasteiger partial charge in [-0.25, -0.2) is 13.2 Å². The number of amides is 2. The number of rotatable bonds is 10. The van der Waals surface area contributed by atoms with Crippen LogP contribution in [-0.2, 0) is 19.4 Å². The summed E-state index contributed by atoms with van der Waals surface area (Å²) >= 11 is 0. The molecule has 1 saturated heterocycles. The molecule has 1 aliphatic heterocycles. The minimum atomic E-state index is -3.10. The van der Waals surface area contributed by atoms with E-state index < -0.39 is 20.9 Å². The molecule has 0 radical (unpaired) electrons. The van der Waals surface area contributed by atoms with Gasteiger partial charge in [0.1, 0.15) is 15.4 Å². The van der Waals surface area contributed by atoms with E-state index in [4.69, 9.17) is 10.5 Å². The Balaban J connectivity index is 2.29. The molecule has 0 atom stereocenters. The molecule has 4 N–H and O–H groups in total. The van der Waals surface area contributed by atoms with E-state index in [0.717, 1.165) is 6.26 Å². The number of nitrogens with one attached hydrogen (secondary N) is 2. The van der Waals surface area contributed by atoms with Crippen LogP contribution in [-0.4, -0.2) is 81.7 Å². The highest BCUT2D eigenvalue weighted by atomic mass is 32.2. The molecular weight excluding hydrogens is 372 g/mol. The number of ether oxygens (including phenoxy) is 1. The van der Waals surface area contributed by atoms with Crippen LogP contribution in [0.4, 0.5) is 4.79 Å². The molecule has 0 unspecified atom stereocenters. The summed E-state index contributed by atoms with van der Waals surface area (Å²) in [6, 6.07) is 0.0353. The normalized spacial score (nSPS) is 16.0. The lowest BCUT2D eigenvalue weighted by Crippen LogP contribution is -2.58. The van der Waals surface area contributed by atoms with Crippen LogP contribution in [0, 0.1) is 5.41 Å². The lowest BCUT2D eigenvalue weighted by atomic mass is 9.92. The van der Waals surface area contributed by atoms with Gasteiger partial charge in [-0.3, -0.25) is 4.79 Å². The van der Waals surface area contributed by atoms with Gasteiger partial charge in [-0.1, -0.05) is 0 Å². The van der Waals surface area contributed by atoms with Crippen molar-refractivity contribution >= 4 is 21.8 Å². The van der Waals surface area contributed by atoms with Gasteiger partial charge in [0.15, 0.2) is 0 Å². The van der Waals surface area contributed by atoms with Gasteiger partial charge in [0.25, 0.3) is 0 Å². The standard InChI is InChI=1S/C17H34N4O5S/c1-16(2,14(22)20-8-9-27(5,24)25)12-19-7-6-17(3,4)26-15(23)21-10-13(18)11-21/h13,19H,6-12,18H2,1-5H3,(H,20,22). The molecule has 158 valence electrons. The molecule has 1 aliphatic rings. The molecule has 0 saturated carbocycles. The third-order valence-corrected chi connectivity index (χ3v) is 5.32. The van der Waals surface area contributed by atoms with Crippen LogP contribution in [0.1, 0.15) is 34.1 Å². The van der Waals surface area contributed by atoms with Crippen LogP contribution in [0.3, 0.4) is 0 Å². The molecule has 0 aliphatic carbocycles. The summed E-state index contributed by atoms with van der Waals surface area (Å²) in [4.78, 5) is 25.7. The number of hydrogen-bond acceptors (Lipinski definition) is 7. The number of sulfone groups is 1. The van der Waals surface area contributed by atoms with E-state index in [1.54, 1.807) is 18.7 Å². The van der Waals surface area contributed by atoms with Gasteiger partial charge in [0.2, 0.25) is 5.91 Å². The molecule has 1 heterocycles. The molecule has 0 aromatic rings. The smallest absolute Gasteiger partial charge is 0.410 e. The minimum absolute atomic E-state index is 0.0353. The van der Waals surface area contributed by atoms with E-state index in [9.17, 15) is 18.0 Å². The third-order valence-electron chi connectivity index (χ3n) is 4.38. The van der Waals surface area contributed by atoms with Gasteiger partial charge >= 0.3 is 6.09 Å². The fourth-order valence-electron chi connectivity index (χ4n) is 2.47. The molecule has 0 aromatic heterocycles. The minimum Gasteiger partial charge on any atom is -0.443 e. The van der Waals surface area contributed by atoms with Crippen molar-refractivity contribution in [2.45, 2.75) is 45.8 Å². The van der Waals surface area contributed by atoms with Gasteiger partial charge < -0.3 is 26.0 Å². The van der Waals surface area contributed by atoms with Crippen LogP contribution >= 0.6 is 0 Å². The molecule has 2 amide bonds. The Labute approximate surface area is 162 Å². The molecular formula is C17H34N4O5S.